The molecule has 1 fully saturated rings. The second-order valence-corrected chi connectivity index (χ2v) is 6.56. The van der Waals surface area contributed by atoms with Crippen molar-refractivity contribution in [1.82, 2.24) is 0 Å². The molecule has 0 radical (unpaired) electrons. The van der Waals surface area contributed by atoms with Gasteiger partial charge in [-0.05, 0) is 44.4 Å². The summed E-state index contributed by atoms with van der Waals surface area (Å²) in [4.78, 5) is 23.2. The minimum atomic E-state index is -0.887. The number of carbonyl (C=O) groups excluding carboxylic acids is 2. The maximum Gasteiger partial charge on any atom is 0.347 e. The van der Waals surface area contributed by atoms with Crippen molar-refractivity contribution in [3.8, 4) is 0 Å². The lowest BCUT2D eigenvalue weighted by Crippen LogP contribution is -2.36. The predicted octanol–water partition coefficient (Wildman–Crippen LogP) is 2.96. The van der Waals surface area contributed by atoms with Crippen LogP contribution in [-0.4, -0.2) is 37.4 Å². The van der Waals surface area contributed by atoms with E-state index < -0.39 is 18.0 Å². The molecule has 0 N–H and O–H groups in total. The monoisotopic (exact) mass is 314 g/mol. The van der Waals surface area contributed by atoms with Gasteiger partial charge in [0.25, 0.3) is 0 Å². The van der Waals surface area contributed by atoms with Gasteiger partial charge in [-0.25, -0.2) is 9.59 Å². The van der Waals surface area contributed by atoms with Crippen molar-refractivity contribution < 1.29 is 23.8 Å². The number of hydrogen-bond acceptors (Lipinski definition) is 5. The molecule has 0 aromatic rings. The molecule has 128 valence electrons. The van der Waals surface area contributed by atoms with Gasteiger partial charge in [-0.3, -0.25) is 0 Å². The zero-order valence-corrected chi connectivity index (χ0v) is 14.5. The van der Waals surface area contributed by atoms with E-state index in [0.717, 1.165) is 12.8 Å². The fourth-order valence-electron chi connectivity index (χ4n) is 3.02. The molecule has 0 spiro atoms. The van der Waals surface area contributed by atoms with Gasteiger partial charge in [0, 0.05) is 0 Å². The predicted molar refractivity (Wildman–Crippen MR) is 83.3 cm³/mol. The average molecular weight is 314 g/mol. The SMILES string of the molecule is CCOC(=O)[C@@H](C)OC(=O)CO[C@@H]1C[C@H](C)CC[C@H]1C(C)C. The van der Waals surface area contributed by atoms with Crippen LogP contribution in [-0.2, 0) is 23.8 Å². The minimum Gasteiger partial charge on any atom is -0.463 e. The van der Waals surface area contributed by atoms with Gasteiger partial charge in [0.1, 0.15) is 6.61 Å². The Labute approximate surface area is 133 Å². The summed E-state index contributed by atoms with van der Waals surface area (Å²) in [7, 11) is 0. The molecule has 5 nitrogen and oxygen atoms in total. The zero-order chi connectivity index (χ0) is 16.7. The Bertz CT molecular complexity index is 366. The normalized spacial score (nSPS) is 26.5. The topological polar surface area (TPSA) is 61.8 Å². The molecule has 5 heteroatoms. The second kappa shape index (κ2) is 9.13. The number of ether oxygens (including phenoxy) is 3. The fourth-order valence-corrected chi connectivity index (χ4v) is 3.02. The molecular weight excluding hydrogens is 284 g/mol. The lowest BCUT2D eigenvalue weighted by atomic mass is 9.75. The number of esters is 2. The van der Waals surface area contributed by atoms with E-state index in [9.17, 15) is 9.59 Å². The highest BCUT2D eigenvalue weighted by Crippen LogP contribution is 2.35. The molecule has 0 aromatic carbocycles. The van der Waals surface area contributed by atoms with Crippen LogP contribution in [0.2, 0.25) is 0 Å². The van der Waals surface area contributed by atoms with Crippen LogP contribution in [0.4, 0.5) is 0 Å². The maximum atomic E-state index is 11.8. The summed E-state index contributed by atoms with van der Waals surface area (Å²) in [6.45, 7) is 9.99. The molecule has 0 aliphatic heterocycles. The van der Waals surface area contributed by atoms with E-state index in [0.29, 0.717) is 17.8 Å². The van der Waals surface area contributed by atoms with Crippen LogP contribution < -0.4 is 0 Å². The number of carbonyl (C=O) groups is 2. The average Bonchev–Trinajstić information content (AvgIpc) is 2.45. The first kappa shape index (κ1) is 18.9. The Kier molecular flexibility index (Phi) is 7.87. The number of hydrogen-bond donors (Lipinski definition) is 0. The summed E-state index contributed by atoms with van der Waals surface area (Å²) in [6, 6.07) is 0. The van der Waals surface area contributed by atoms with Crippen LogP contribution in [0.3, 0.4) is 0 Å². The van der Waals surface area contributed by atoms with E-state index in [1.54, 1.807) is 6.92 Å². The Morgan fingerprint density at radius 3 is 2.45 bits per heavy atom. The summed E-state index contributed by atoms with van der Waals surface area (Å²) >= 11 is 0. The van der Waals surface area contributed by atoms with Gasteiger partial charge in [-0.15, -0.1) is 0 Å². The third-order valence-corrected chi connectivity index (χ3v) is 4.30. The van der Waals surface area contributed by atoms with E-state index in [1.165, 1.54) is 13.3 Å². The van der Waals surface area contributed by atoms with Gasteiger partial charge >= 0.3 is 11.9 Å². The Balaban J connectivity index is 2.42. The van der Waals surface area contributed by atoms with E-state index in [1.807, 2.05) is 0 Å². The first-order valence-electron chi connectivity index (χ1n) is 8.32. The van der Waals surface area contributed by atoms with Crippen molar-refractivity contribution in [2.24, 2.45) is 17.8 Å². The van der Waals surface area contributed by atoms with Crippen molar-refractivity contribution in [2.45, 2.75) is 66.1 Å². The van der Waals surface area contributed by atoms with Crippen LogP contribution in [0.5, 0.6) is 0 Å². The molecular formula is C17H30O5. The van der Waals surface area contributed by atoms with Gasteiger partial charge < -0.3 is 14.2 Å². The van der Waals surface area contributed by atoms with Crippen LogP contribution >= 0.6 is 0 Å². The van der Waals surface area contributed by atoms with Crippen molar-refractivity contribution in [3.63, 3.8) is 0 Å². The molecule has 0 unspecified atom stereocenters. The minimum absolute atomic E-state index is 0.0919. The third kappa shape index (κ3) is 5.95. The van der Waals surface area contributed by atoms with Crippen molar-refractivity contribution in [3.05, 3.63) is 0 Å². The third-order valence-electron chi connectivity index (χ3n) is 4.30. The molecule has 4 atom stereocenters. The van der Waals surface area contributed by atoms with Crippen molar-refractivity contribution in [1.29, 1.82) is 0 Å². The molecule has 0 bridgehead atoms. The summed E-state index contributed by atoms with van der Waals surface area (Å²) in [5.74, 6) is 0.594. The van der Waals surface area contributed by atoms with E-state index >= 15 is 0 Å². The Morgan fingerprint density at radius 2 is 1.86 bits per heavy atom. The number of rotatable bonds is 7. The second-order valence-electron chi connectivity index (χ2n) is 6.56. The zero-order valence-electron chi connectivity index (χ0n) is 14.5. The van der Waals surface area contributed by atoms with Crippen LogP contribution in [0, 0.1) is 17.8 Å². The van der Waals surface area contributed by atoms with Crippen molar-refractivity contribution >= 4 is 11.9 Å². The maximum absolute atomic E-state index is 11.8. The van der Waals surface area contributed by atoms with E-state index in [-0.39, 0.29) is 19.3 Å². The van der Waals surface area contributed by atoms with Gasteiger partial charge in [-0.1, -0.05) is 27.2 Å². The van der Waals surface area contributed by atoms with Crippen LogP contribution in [0.25, 0.3) is 0 Å². The Morgan fingerprint density at radius 1 is 1.18 bits per heavy atom. The molecule has 0 heterocycles. The quantitative estimate of drug-likeness (QED) is 0.676. The van der Waals surface area contributed by atoms with Gasteiger partial charge in [0.15, 0.2) is 6.10 Å². The van der Waals surface area contributed by atoms with E-state index in [2.05, 4.69) is 20.8 Å². The Hall–Kier alpha value is -1.10. The lowest BCUT2D eigenvalue weighted by Gasteiger charge is -2.36. The highest BCUT2D eigenvalue weighted by atomic mass is 16.6. The summed E-state index contributed by atoms with van der Waals surface area (Å²) in [5.41, 5.74) is 0. The molecule has 0 saturated heterocycles. The van der Waals surface area contributed by atoms with Gasteiger partial charge in [0.05, 0.1) is 12.7 Å². The molecule has 0 amide bonds. The summed E-state index contributed by atoms with van der Waals surface area (Å²) in [6.07, 6.45) is 2.53. The van der Waals surface area contributed by atoms with E-state index in [4.69, 9.17) is 14.2 Å². The van der Waals surface area contributed by atoms with Crippen LogP contribution in [0.15, 0.2) is 0 Å². The van der Waals surface area contributed by atoms with Crippen LogP contribution in [0.1, 0.15) is 53.9 Å². The summed E-state index contributed by atoms with van der Waals surface area (Å²) in [5, 5.41) is 0. The molecule has 0 aromatic heterocycles. The molecule has 1 rings (SSSR count). The molecule has 22 heavy (non-hydrogen) atoms. The first-order valence-corrected chi connectivity index (χ1v) is 8.32. The molecule has 1 aliphatic rings. The standard InChI is InChI=1S/C17H30O5/c1-6-20-17(19)13(5)22-16(18)10-21-15-9-12(4)7-8-14(15)11(2)3/h11-15H,6-10H2,1-5H3/t12-,13-,14+,15-/m1/s1. The van der Waals surface area contributed by atoms with Crippen molar-refractivity contribution in [2.75, 3.05) is 13.2 Å². The smallest absolute Gasteiger partial charge is 0.347 e. The molecule has 1 aliphatic carbocycles. The van der Waals surface area contributed by atoms with Gasteiger partial charge in [-0.2, -0.15) is 0 Å². The highest BCUT2D eigenvalue weighted by Gasteiger charge is 2.32. The largest absolute Gasteiger partial charge is 0.463 e. The summed E-state index contributed by atoms with van der Waals surface area (Å²) < 4.78 is 15.6. The lowest BCUT2D eigenvalue weighted by molar-refractivity contribution is -0.171. The molecule has 1 saturated carbocycles. The van der Waals surface area contributed by atoms with Gasteiger partial charge in [0.2, 0.25) is 0 Å². The fraction of sp³-hybridized carbons (Fsp3) is 0.882. The first-order chi connectivity index (χ1) is 10.3. The highest BCUT2D eigenvalue weighted by molar-refractivity contribution is 5.79.